The van der Waals surface area contributed by atoms with Crippen molar-refractivity contribution in [1.29, 1.82) is 0 Å². The molecule has 0 spiro atoms. The van der Waals surface area contributed by atoms with Crippen molar-refractivity contribution in [2.24, 2.45) is 17.3 Å². The molecule has 0 aromatic carbocycles. The first-order valence-electron chi connectivity index (χ1n) is 8.21. The van der Waals surface area contributed by atoms with Crippen molar-refractivity contribution < 1.29 is 0 Å². The molecule has 0 radical (unpaired) electrons. The van der Waals surface area contributed by atoms with Crippen LogP contribution in [0.3, 0.4) is 0 Å². The molecule has 2 nitrogen and oxygen atoms in total. The second-order valence-corrected chi connectivity index (χ2v) is 8.08. The van der Waals surface area contributed by atoms with Crippen LogP contribution in [0.5, 0.6) is 0 Å². The van der Waals surface area contributed by atoms with Crippen LogP contribution in [0.4, 0.5) is 0 Å². The second-order valence-electron chi connectivity index (χ2n) is 8.08. The number of nitrogens with zero attached hydrogens (tertiary/aromatic N) is 1. The zero-order valence-corrected chi connectivity index (χ0v) is 14.3. The quantitative estimate of drug-likeness (QED) is 0.816. The average molecular weight is 268 g/mol. The van der Waals surface area contributed by atoms with E-state index in [1.54, 1.807) is 0 Å². The number of rotatable bonds is 5. The first-order chi connectivity index (χ1) is 8.74. The minimum Gasteiger partial charge on any atom is -0.311 e. The molecule has 0 amide bonds. The van der Waals surface area contributed by atoms with Crippen molar-refractivity contribution in [1.82, 2.24) is 10.2 Å². The Labute approximate surface area is 121 Å². The van der Waals surface area contributed by atoms with Crippen LogP contribution in [-0.4, -0.2) is 36.6 Å². The molecule has 1 aliphatic heterocycles. The van der Waals surface area contributed by atoms with Gasteiger partial charge in [0.1, 0.15) is 0 Å². The zero-order chi connectivity index (χ0) is 14.6. The molecule has 1 rings (SSSR count). The molecule has 1 N–H and O–H groups in total. The first kappa shape index (κ1) is 17.0. The van der Waals surface area contributed by atoms with Crippen LogP contribution < -0.4 is 5.32 Å². The smallest absolute Gasteiger partial charge is 0.0269 e. The highest BCUT2D eigenvalue weighted by molar-refractivity contribution is 4.93. The van der Waals surface area contributed by atoms with E-state index in [4.69, 9.17) is 0 Å². The summed E-state index contributed by atoms with van der Waals surface area (Å²) >= 11 is 0. The van der Waals surface area contributed by atoms with E-state index in [9.17, 15) is 0 Å². The highest BCUT2D eigenvalue weighted by Crippen LogP contribution is 2.28. The predicted octanol–water partition coefficient (Wildman–Crippen LogP) is 3.77. The summed E-state index contributed by atoms with van der Waals surface area (Å²) in [6.07, 6.45) is 2.59. The lowest BCUT2D eigenvalue weighted by Crippen LogP contribution is -2.61. The van der Waals surface area contributed by atoms with Crippen LogP contribution >= 0.6 is 0 Å². The van der Waals surface area contributed by atoms with Gasteiger partial charge in [0.2, 0.25) is 0 Å². The summed E-state index contributed by atoms with van der Waals surface area (Å²) in [5, 5.41) is 3.79. The number of nitrogens with one attached hydrogen (secondary N) is 1. The Morgan fingerprint density at radius 2 is 1.84 bits per heavy atom. The van der Waals surface area contributed by atoms with Crippen molar-refractivity contribution in [2.75, 3.05) is 19.6 Å². The molecular formula is C17H36N2. The molecule has 2 heteroatoms. The Balaban J connectivity index is 2.68. The predicted molar refractivity (Wildman–Crippen MR) is 85.5 cm³/mol. The Morgan fingerprint density at radius 1 is 1.21 bits per heavy atom. The van der Waals surface area contributed by atoms with Gasteiger partial charge < -0.3 is 5.32 Å². The maximum Gasteiger partial charge on any atom is 0.0269 e. The third kappa shape index (κ3) is 5.43. The summed E-state index contributed by atoms with van der Waals surface area (Å²) < 4.78 is 0. The molecule has 3 atom stereocenters. The summed E-state index contributed by atoms with van der Waals surface area (Å²) in [7, 11) is 0. The standard InChI is InChI=1S/C17H36N2/c1-8-14(4)11-19-12-15(9-13(2)3)18-10-16(19)17(5,6)7/h13-16,18H,8-12H2,1-7H3. The molecule has 114 valence electrons. The molecule has 0 bridgehead atoms. The molecular weight excluding hydrogens is 232 g/mol. The van der Waals surface area contributed by atoms with Gasteiger partial charge in [-0.05, 0) is 23.7 Å². The molecule has 0 aromatic heterocycles. The monoisotopic (exact) mass is 268 g/mol. The molecule has 1 fully saturated rings. The third-order valence-electron chi connectivity index (χ3n) is 4.49. The summed E-state index contributed by atoms with van der Waals surface area (Å²) in [4.78, 5) is 2.76. The number of hydrogen-bond acceptors (Lipinski definition) is 2. The fourth-order valence-electron chi connectivity index (χ4n) is 3.19. The van der Waals surface area contributed by atoms with Gasteiger partial charge in [-0.15, -0.1) is 0 Å². The SMILES string of the molecule is CCC(C)CN1CC(CC(C)C)NCC1C(C)(C)C. The van der Waals surface area contributed by atoms with E-state index >= 15 is 0 Å². The Morgan fingerprint density at radius 3 is 2.32 bits per heavy atom. The summed E-state index contributed by atoms with van der Waals surface area (Å²) in [6.45, 7) is 20.1. The molecule has 1 saturated heterocycles. The van der Waals surface area contributed by atoms with Crippen molar-refractivity contribution in [3.63, 3.8) is 0 Å². The molecule has 19 heavy (non-hydrogen) atoms. The van der Waals surface area contributed by atoms with Gasteiger partial charge in [-0.3, -0.25) is 4.90 Å². The Kier molecular flexibility index (Phi) is 6.32. The van der Waals surface area contributed by atoms with Crippen molar-refractivity contribution in [3.05, 3.63) is 0 Å². The maximum atomic E-state index is 3.79. The van der Waals surface area contributed by atoms with Crippen molar-refractivity contribution in [3.8, 4) is 0 Å². The van der Waals surface area contributed by atoms with Gasteiger partial charge in [-0.2, -0.15) is 0 Å². The number of hydrogen-bond donors (Lipinski definition) is 1. The lowest BCUT2D eigenvalue weighted by molar-refractivity contribution is 0.0405. The molecule has 0 aromatic rings. The Bertz CT molecular complexity index is 254. The van der Waals surface area contributed by atoms with Gasteiger partial charge in [0.15, 0.2) is 0 Å². The van der Waals surface area contributed by atoms with Gasteiger partial charge >= 0.3 is 0 Å². The Hall–Kier alpha value is -0.0800. The van der Waals surface area contributed by atoms with E-state index in [0.29, 0.717) is 17.5 Å². The fourth-order valence-corrected chi connectivity index (χ4v) is 3.19. The zero-order valence-electron chi connectivity index (χ0n) is 14.3. The third-order valence-corrected chi connectivity index (χ3v) is 4.49. The summed E-state index contributed by atoms with van der Waals surface area (Å²) in [5.41, 5.74) is 0.364. The normalized spacial score (nSPS) is 27.8. The second kappa shape index (κ2) is 7.08. The molecule has 0 aliphatic carbocycles. The van der Waals surface area contributed by atoms with Gasteiger partial charge in [0.25, 0.3) is 0 Å². The lowest BCUT2D eigenvalue weighted by Gasteiger charge is -2.47. The largest absolute Gasteiger partial charge is 0.311 e. The lowest BCUT2D eigenvalue weighted by atomic mass is 9.82. The van der Waals surface area contributed by atoms with E-state index in [1.165, 1.54) is 25.9 Å². The van der Waals surface area contributed by atoms with E-state index < -0.39 is 0 Å². The van der Waals surface area contributed by atoms with E-state index in [-0.39, 0.29) is 0 Å². The maximum absolute atomic E-state index is 3.79. The van der Waals surface area contributed by atoms with E-state index in [2.05, 4.69) is 58.7 Å². The molecule has 0 saturated carbocycles. The minimum atomic E-state index is 0.364. The van der Waals surface area contributed by atoms with Crippen LogP contribution in [-0.2, 0) is 0 Å². The summed E-state index contributed by atoms with van der Waals surface area (Å²) in [5.74, 6) is 1.59. The van der Waals surface area contributed by atoms with Gasteiger partial charge in [0.05, 0.1) is 0 Å². The average Bonchev–Trinajstić information content (AvgIpc) is 2.26. The highest BCUT2D eigenvalue weighted by atomic mass is 15.2. The van der Waals surface area contributed by atoms with Crippen molar-refractivity contribution in [2.45, 2.75) is 73.4 Å². The van der Waals surface area contributed by atoms with Gasteiger partial charge in [0, 0.05) is 31.7 Å². The van der Waals surface area contributed by atoms with Crippen LogP contribution in [0.15, 0.2) is 0 Å². The fraction of sp³-hybridized carbons (Fsp3) is 1.00. The molecule has 3 unspecified atom stereocenters. The van der Waals surface area contributed by atoms with E-state index in [0.717, 1.165) is 18.4 Å². The van der Waals surface area contributed by atoms with E-state index in [1.807, 2.05) is 0 Å². The van der Waals surface area contributed by atoms with Crippen LogP contribution in [0.25, 0.3) is 0 Å². The van der Waals surface area contributed by atoms with Gasteiger partial charge in [-0.25, -0.2) is 0 Å². The van der Waals surface area contributed by atoms with Crippen molar-refractivity contribution >= 4 is 0 Å². The topological polar surface area (TPSA) is 15.3 Å². The molecule has 1 heterocycles. The minimum absolute atomic E-state index is 0.364. The highest BCUT2D eigenvalue weighted by Gasteiger charge is 2.35. The van der Waals surface area contributed by atoms with Gasteiger partial charge in [-0.1, -0.05) is 54.9 Å². The van der Waals surface area contributed by atoms with Crippen LogP contribution in [0.2, 0.25) is 0 Å². The summed E-state index contributed by atoms with van der Waals surface area (Å²) in [6, 6.07) is 1.35. The number of piperazine rings is 1. The van der Waals surface area contributed by atoms with Crippen LogP contribution in [0, 0.1) is 17.3 Å². The molecule has 1 aliphatic rings. The first-order valence-corrected chi connectivity index (χ1v) is 8.21. The van der Waals surface area contributed by atoms with Crippen LogP contribution in [0.1, 0.15) is 61.3 Å².